The minimum Gasteiger partial charge on any atom is -0.334 e. The zero-order chi connectivity index (χ0) is 60.6. The van der Waals surface area contributed by atoms with Gasteiger partial charge in [-0.05, 0) is 207 Å². The van der Waals surface area contributed by atoms with Crippen molar-refractivity contribution in [2.24, 2.45) is 0 Å². The van der Waals surface area contributed by atoms with E-state index in [-0.39, 0.29) is 56.1 Å². The van der Waals surface area contributed by atoms with E-state index in [0.29, 0.717) is 0 Å². The van der Waals surface area contributed by atoms with E-state index in [0.717, 1.165) is 42.5 Å². The lowest BCUT2D eigenvalue weighted by Crippen LogP contribution is -2.62. The van der Waals surface area contributed by atoms with E-state index in [1.807, 2.05) is 6.07 Å². The number of anilines is 10. The van der Waals surface area contributed by atoms with Gasteiger partial charge in [-0.25, -0.2) is 4.39 Å². The summed E-state index contributed by atoms with van der Waals surface area (Å²) in [7, 11) is 0. The van der Waals surface area contributed by atoms with Crippen LogP contribution in [0.5, 0.6) is 0 Å². The van der Waals surface area contributed by atoms with Gasteiger partial charge in [0, 0.05) is 67.7 Å². The minimum atomic E-state index is -0.214. The summed E-state index contributed by atoms with van der Waals surface area (Å²) >= 11 is 0. The van der Waals surface area contributed by atoms with Crippen molar-refractivity contribution in [1.29, 1.82) is 0 Å². The molecule has 0 saturated heterocycles. The van der Waals surface area contributed by atoms with Gasteiger partial charge in [-0.3, -0.25) is 0 Å². The molecule has 4 unspecified atom stereocenters. The molecule has 14 rings (SSSR count). The van der Waals surface area contributed by atoms with Gasteiger partial charge in [-0.1, -0.05) is 195 Å². The third kappa shape index (κ3) is 8.32. The molecule has 4 nitrogen and oxygen atoms in total. The molecule has 2 aliphatic carbocycles. The SMILES string of the molecule is CC(C)(C)c1ccc(N2c3ccc(C(C)(C)C)cc3B3c4ccc(N5c6ccc(-c7cccc(F)c7)cc6C6(C)CCCCC56C)cc4N(c4ccc(C(C)(C)C)cc4)c4cc(N5c6ccc(C(C)(C)C)cc6C6(C)CCCCC56C)cc2c43)cc1. The number of halogens is 1. The molecule has 8 aromatic carbocycles. The number of nitrogens with zero attached hydrogens (tertiary/aromatic N) is 4. The van der Waals surface area contributed by atoms with E-state index >= 15 is 0 Å². The fourth-order valence-electron chi connectivity index (χ4n) is 17.1. The minimum absolute atomic E-state index is 0.00377. The summed E-state index contributed by atoms with van der Waals surface area (Å²) in [6.45, 7) is 38.3. The van der Waals surface area contributed by atoms with Crippen molar-refractivity contribution in [2.75, 3.05) is 19.6 Å². The van der Waals surface area contributed by atoms with Crippen LogP contribution in [0.25, 0.3) is 11.1 Å². The molecule has 4 atom stereocenters. The van der Waals surface area contributed by atoms with Gasteiger partial charge in [0.05, 0.1) is 11.1 Å². The molecule has 0 amide bonds. The second-order valence-corrected chi connectivity index (χ2v) is 31.9. The smallest absolute Gasteiger partial charge is 0.252 e. The molecule has 0 radical (unpaired) electrons. The number of fused-ring (bicyclic) bond motifs is 10. The quantitative estimate of drug-likeness (QED) is 0.159. The summed E-state index contributed by atoms with van der Waals surface area (Å²) in [4.78, 5) is 10.9. The third-order valence-corrected chi connectivity index (χ3v) is 22.6. The molecule has 2 fully saturated rings. The molecule has 0 spiro atoms. The highest BCUT2D eigenvalue weighted by Crippen LogP contribution is 2.64. The predicted molar refractivity (Wildman–Crippen MR) is 366 cm³/mol. The Morgan fingerprint density at radius 1 is 0.360 bits per heavy atom. The fourth-order valence-corrected chi connectivity index (χ4v) is 17.1. The molecule has 440 valence electrons. The summed E-state index contributed by atoms with van der Waals surface area (Å²) in [6, 6.07) is 61.0. The van der Waals surface area contributed by atoms with Crippen molar-refractivity contribution in [2.45, 2.75) is 206 Å². The normalized spacial score (nSPS) is 23.1. The highest BCUT2D eigenvalue weighted by Gasteiger charge is 2.60. The summed E-state index contributed by atoms with van der Waals surface area (Å²) in [6.07, 6.45) is 9.21. The van der Waals surface area contributed by atoms with Gasteiger partial charge in [-0.15, -0.1) is 0 Å². The van der Waals surface area contributed by atoms with E-state index in [9.17, 15) is 4.39 Å². The standard InChI is InChI=1S/C80H90BFN4/c1-73(2,3)53-25-31-58(32-26-53)83-68-39-30-56(76(10,11)12)47-65(68)81-64-36-35-60(85-66-37-24-52(51-22-21-23-57(82)44-51)45-62(66)77(13)40-17-19-42-79(77,85)15)48-69(64)84(59-33-27-54(28-34-59)74(4,5)6)71-50-61(49-70(83)72(71)81)86-67-38-29-55(75(7,8)9)46-63(67)78(14)41-18-20-43-80(78,86)16/h21-39,44-50H,17-20,40-43H2,1-16H3. The van der Waals surface area contributed by atoms with Crippen molar-refractivity contribution < 1.29 is 4.39 Å². The molecule has 4 heterocycles. The van der Waals surface area contributed by atoms with Crippen molar-refractivity contribution in [1.82, 2.24) is 0 Å². The summed E-state index contributed by atoms with van der Waals surface area (Å²) in [5, 5.41) is 0. The van der Waals surface area contributed by atoms with Gasteiger partial charge in [0.1, 0.15) is 5.82 Å². The molecule has 0 N–H and O–H groups in total. The summed E-state index contributed by atoms with van der Waals surface area (Å²) < 4.78 is 14.9. The van der Waals surface area contributed by atoms with Crippen LogP contribution in [-0.4, -0.2) is 17.8 Å². The van der Waals surface area contributed by atoms with Crippen molar-refractivity contribution in [3.05, 3.63) is 197 Å². The zero-order valence-corrected chi connectivity index (χ0v) is 54.4. The average molecular weight is 1140 g/mol. The Morgan fingerprint density at radius 3 is 1.33 bits per heavy atom. The Morgan fingerprint density at radius 2 is 0.791 bits per heavy atom. The Balaban J connectivity index is 1.07. The van der Waals surface area contributed by atoms with Gasteiger partial charge in [-0.2, -0.15) is 0 Å². The van der Waals surface area contributed by atoms with Crippen LogP contribution in [-0.2, 0) is 32.5 Å². The van der Waals surface area contributed by atoms with Crippen LogP contribution < -0.4 is 36.0 Å². The van der Waals surface area contributed by atoms with Crippen LogP contribution in [0.3, 0.4) is 0 Å². The molecule has 2 saturated carbocycles. The van der Waals surface area contributed by atoms with Gasteiger partial charge < -0.3 is 19.6 Å². The van der Waals surface area contributed by atoms with Crippen LogP contribution in [0.1, 0.15) is 196 Å². The molecule has 4 aliphatic heterocycles. The number of rotatable bonds is 5. The first-order chi connectivity index (χ1) is 40.5. The fraction of sp³-hybridized carbons (Fsp3) is 0.400. The summed E-state index contributed by atoms with van der Waals surface area (Å²) in [5.41, 5.74) is 25.9. The maximum absolute atomic E-state index is 14.9. The van der Waals surface area contributed by atoms with E-state index < -0.39 is 0 Å². The first-order valence-electron chi connectivity index (χ1n) is 32.5. The Hall–Kier alpha value is -7.05. The predicted octanol–water partition coefficient (Wildman–Crippen LogP) is 20.2. The van der Waals surface area contributed by atoms with Crippen LogP contribution in [0, 0.1) is 5.82 Å². The van der Waals surface area contributed by atoms with Crippen LogP contribution >= 0.6 is 0 Å². The molecule has 0 aromatic heterocycles. The Kier molecular flexibility index (Phi) is 12.5. The Bertz CT molecular complexity index is 4060. The Labute approximate surface area is 515 Å². The van der Waals surface area contributed by atoms with E-state index in [4.69, 9.17) is 0 Å². The van der Waals surface area contributed by atoms with Gasteiger partial charge >= 0.3 is 0 Å². The zero-order valence-electron chi connectivity index (χ0n) is 54.4. The number of benzene rings is 8. The lowest BCUT2D eigenvalue weighted by Gasteiger charge is -2.51. The van der Waals surface area contributed by atoms with Gasteiger partial charge in [0.15, 0.2) is 0 Å². The molecule has 8 aromatic rings. The highest BCUT2D eigenvalue weighted by molar-refractivity contribution is 7.00. The first kappa shape index (κ1) is 56.7. The first-order valence-corrected chi connectivity index (χ1v) is 32.5. The van der Waals surface area contributed by atoms with Crippen LogP contribution in [0.15, 0.2) is 158 Å². The van der Waals surface area contributed by atoms with Crippen molar-refractivity contribution in [3.63, 3.8) is 0 Å². The largest absolute Gasteiger partial charge is 0.334 e. The molecule has 6 aliphatic rings. The lowest BCUT2D eigenvalue weighted by molar-refractivity contribution is 0.195. The summed E-state index contributed by atoms with van der Waals surface area (Å²) in [5.74, 6) is -0.204. The monoisotopic (exact) mass is 1140 g/mol. The van der Waals surface area contributed by atoms with Gasteiger partial charge in [0.25, 0.3) is 6.71 Å². The third-order valence-electron chi connectivity index (χ3n) is 22.6. The van der Waals surface area contributed by atoms with E-state index in [2.05, 4.69) is 270 Å². The second-order valence-electron chi connectivity index (χ2n) is 31.9. The van der Waals surface area contributed by atoms with Crippen LogP contribution in [0.2, 0.25) is 0 Å². The molecule has 86 heavy (non-hydrogen) atoms. The molecular formula is C80H90BFN4. The number of hydrogen-bond donors (Lipinski definition) is 0. The van der Waals surface area contributed by atoms with Crippen molar-refractivity contribution in [3.8, 4) is 11.1 Å². The average Bonchev–Trinajstić information content (AvgIpc) is 1.32. The van der Waals surface area contributed by atoms with Crippen molar-refractivity contribution >= 4 is 80.0 Å². The van der Waals surface area contributed by atoms with Gasteiger partial charge in [0.2, 0.25) is 0 Å². The molecule has 0 bridgehead atoms. The maximum Gasteiger partial charge on any atom is 0.252 e. The maximum atomic E-state index is 14.9. The van der Waals surface area contributed by atoms with Crippen LogP contribution in [0.4, 0.5) is 61.3 Å². The van der Waals surface area contributed by atoms with E-state index in [1.54, 1.807) is 12.1 Å². The highest BCUT2D eigenvalue weighted by atomic mass is 19.1. The van der Waals surface area contributed by atoms with E-state index in [1.165, 1.54) is 127 Å². The molecule has 6 heteroatoms. The molecular weight excluding hydrogens is 1050 g/mol. The number of hydrogen-bond acceptors (Lipinski definition) is 4. The second kappa shape index (κ2) is 19.0. The lowest BCUT2D eigenvalue weighted by atomic mass is 9.33. The topological polar surface area (TPSA) is 13.0 Å².